The molecule has 7 nitrogen and oxygen atoms in total. The molecule has 2 fully saturated rings. The number of carbonyl (C=O) groups excluding carboxylic acids is 2. The van der Waals surface area contributed by atoms with Crippen LogP contribution in [0.2, 0.25) is 0 Å². The monoisotopic (exact) mass is 299 g/mol. The van der Waals surface area contributed by atoms with E-state index in [0.29, 0.717) is 19.2 Å². The predicted molar refractivity (Wildman–Crippen MR) is 76.6 cm³/mol. The van der Waals surface area contributed by atoms with E-state index in [-0.39, 0.29) is 24.0 Å². The van der Waals surface area contributed by atoms with Crippen molar-refractivity contribution >= 4 is 11.8 Å². The molecule has 3 atom stereocenters. The van der Waals surface area contributed by atoms with Crippen LogP contribution in [-0.2, 0) is 14.3 Å². The molecule has 120 valence electrons. The molecule has 21 heavy (non-hydrogen) atoms. The van der Waals surface area contributed by atoms with Crippen LogP contribution in [0.3, 0.4) is 0 Å². The van der Waals surface area contributed by atoms with Gasteiger partial charge in [-0.05, 0) is 12.8 Å². The maximum absolute atomic E-state index is 11.3. The minimum absolute atomic E-state index is 0.113. The zero-order chi connectivity index (χ0) is 15.4. The Hall–Kier alpha value is -1.18. The van der Waals surface area contributed by atoms with E-state index in [4.69, 9.17) is 4.74 Å². The summed E-state index contributed by atoms with van der Waals surface area (Å²) in [6, 6.07) is 0.181. The van der Waals surface area contributed by atoms with Gasteiger partial charge >= 0.3 is 0 Å². The van der Waals surface area contributed by atoms with Crippen LogP contribution in [0.1, 0.15) is 26.7 Å². The summed E-state index contributed by atoms with van der Waals surface area (Å²) in [6.07, 6.45) is 0.796. The summed E-state index contributed by atoms with van der Waals surface area (Å²) in [4.78, 5) is 24.0. The van der Waals surface area contributed by atoms with Crippen LogP contribution in [0.15, 0.2) is 0 Å². The molecular formula is C14H25N3O4. The molecule has 2 amide bonds. The Bertz CT molecular complexity index is 382. The lowest BCUT2D eigenvalue weighted by molar-refractivity contribution is -0.130. The summed E-state index contributed by atoms with van der Waals surface area (Å²) < 4.78 is 5.54. The van der Waals surface area contributed by atoms with Crippen molar-refractivity contribution in [2.45, 2.75) is 51.0 Å². The van der Waals surface area contributed by atoms with Crippen molar-refractivity contribution in [1.29, 1.82) is 0 Å². The second-order valence-electron chi connectivity index (χ2n) is 5.85. The van der Waals surface area contributed by atoms with Gasteiger partial charge in [-0.2, -0.15) is 0 Å². The Kier molecular flexibility index (Phi) is 5.55. The van der Waals surface area contributed by atoms with Crippen molar-refractivity contribution in [3.63, 3.8) is 0 Å². The highest BCUT2D eigenvalue weighted by Gasteiger charge is 2.37. The van der Waals surface area contributed by atoms with Crippen LogP contribution in [0, 0.1) is 0 Å². The van der Waals surface area contributed by atoms with E-state index < -0.39 is 6.10 Å². The fourth-order valence-corrected chi connectivity index (χ4v) is 2.92. The van der Waals surface area contributed by atoms with Crippen LogP contribution in [0.5, 0.6) is 0 Å². The highest BCUT2D eigenvalue weighted by Crippen LogP contribution is 2.17. The highest BCUT2D eigenvalue weighted by atomic mass is 16.5. The van der Waals surface area contributed by atoms with E-state index in [2.05, 4.69) is 10.6 Å². The number of aliphatic hydroxyl groups is 1. The zero-order valence-electron chi connectivity index (χ0n) is 12.7. The Balaban J connectivity index is 1.74. The summed E-state index contributed by atoms with van der Waals surface area (Å²) in [5.74, 6) is -0.00753. The molecule has 3 unspecified atom stereocenters. The van der Waals surface area contributed by atoms with Gasteiger partial charge in [0.05, 0.1) is 18.8 Å². The van der Waals surface area contributed by atoms with Gasteiger partial charge in [0.1, 0.15) is 6.10 Å². The third-order valence-corrected chi connectivity index (χ3v) is 4.23. The lowest BCUT2D eigenvalue weighted by Crippen LogP contribution is -2.51. The second kappa shape index (κ2) is 7.20. The van der Waals surface area contributed by atoms with Crippen molar-refractivity contribution in [1.82, 2.24) is 15.5 Å². The van der Waals surface area contributed by atoms with Crippen molar-refractivity contribution in [3.8, 4) is 0 Å². The van der Waals surface area contributed by atoms with Crippen LogP contribution < -0.4 is 10.6 Å². The number of rotatable bonds is 4. The number of aliphatic hydroxyl groups excluding tert-OH is 1. The minimum atomic E-state index is -0.623. The van der Waals surface area contributed by atoms with Crippen LogP contribution in [0.25, 0.3) is 0 Å². The van der Waals surface area contributed by atoms with Gasteiger partial charge in [-0.3, -0.25) is 9.59 Å². The SMILES string of the molecule is CC(=O)NCC1OCC(NC2CCN(C(C)=O)CC2)C1O. The summed E-state index contributed by atoms with van der Waals surface area (Å²) in [5.41, 5.74) is 0. The molecule has 2 heterocycles. The van der Waals surface area contributed by atoms with Crippen molar-refractivity contribution in [2.75, 3.05) is 26.2 Å². The maximum atomic E-state index is 11.3. The number of nitrogens with one attached hydrogen (secondary N) is 2. The Morgan fingerprint density at radius 2 is 1.95 bits per heavy atom. The zero-order valence-corrected chi connectivity index (χ0v) is 12.7. The summed E-state index contributed by atoms with van der Waals surface area (Å²) in [7, 11) is 0. The number of piperidine rings is 1. The topological polar surface area (TPSA) is 90.9 Å². The fourth-order valence-electron chi connectivity index (χ4n) is 2.92. The molecular weight excluding hydrogens is 274 g/mol. The number of hydrogen-bond donors (Lipinski definition) is 3. The molecule has 2 rings (SSSR count). The molecule has 0 aliphatic carbocycles. The normalized spacial score (nSPS) is 30.4. The first-order valence-corrected chi connectivity index (χ1v) is 7.53. The number of carbonyl (C=O) groups is 2. The molecule has 0 radical (unpaired) electrons. The molecule has 2 aliphatic rings. The lowest BCUT2D eigenvalue weighted by Gasteiger charge is -2.33. The molecule has 2 aliphatic heterocycles. The van der Waals surface area contributed by atoms with E-state index in [1.807, 2.05) is 4.90 Å². The van der Waals surface area contributed by atoms with Gasteiger partial charge in [0.25, 0.3) is 0 Å². The average molecular weight is 299 g/mol. The Labute approximate surface area is 125 Å². The minimum Gasteiger partial charge on any atom is -0.389 e. The number of amides is 2. The Morgan fingerprint density at radius 3 is 2.52 bits per heavy atom. The Morgan fingerprint density at radius 1 is 1.29 bits per heavy atom. The van der Waals surface area contributed by atoms with E-state index in [9.17, 15) is 14.7 Å². The third-order valence-electron chi connectivity index (χ3n) is 4.23. The first-order valence-electron chi connectivity index (χ1n) is 7.53. The quantitative estimate of drug-likeness (QED) is 0.610. The molecule has 0 bridgehead atoms. The smallest absolute Gasteiger partial charge is 0.219 e. The maximum Gasteiger partial charge on any atom is 0.219 e. The van der Waals surface area contributed by atoms with Crippen molar-refractivity contribution < 1.29 is 19.4 Å². The average Bonchev–Trinajstić information content (AvgIpc) is 2.78. The van der Waals surface area contributed by atoms with Gasteiger partial charge in [0.2, 0.25) is 11.8 Å². The van der Waals surface area contributed by atoms with E-state index in [1.165, 1.54) is 6.92 Å². The lowest BCUT2D eigenvalue weighted by atomic mass is 10.0. The molecule has 0 aromatic heterocycles. The third kappa shape index (κ3) is 4.39. The standard InChI is InChI=1S/C14H25N3O4/c1-9(18)15-7-13-14(20)12(8-21-13)16-11-3-5-17(6-4-11)10(2)19/h11-14,16,20H,3-8H2,1-2H3,(H,15,18). The van der Waals surface area contributed by atoms with Crippen molar-refractivity contribution in [3.05, 3.63) is 0 Å². The van der Waals surface area contributed by atoms with Gasteiger partial charge in [-0.1, -0.05) is 0 Å². The van der Waals surface area contributed by atoms with Crippen molar-refractivity contribution in [2.24, 2.45) is 0 Å². The second-order valence-corrected chi connectivity index (χ2v) is 5.85. The first-order chi connectivity index (χ1) is 9.97. The molecule has 0 saturated carbocycles. The molecule has 2 saturated heterocycles. The van der Waals surface area contributed by atoms with Gasteiger partial charge in [0, 0.05) is 39.5 Å². The number of hydrogen-bond acceptors (Lipinski definition) is 5. The van der Waals surface area contributed by atoms with E-state index in [1.54, 1.807) is 6.92 Å². The summed E-state index contributed by atoms with van der Waals surface area (Å²) in [6.45, 7) is 5.32. The molecule has 0 aromatic carbocycles. The van der Waals surface area contributed by atoms with Crippen LogP contribution >= 0.6 is 0 Å². The number of likely N-dealkylation sites (tertiary alicyclic amines) is 1. The predicted octanol–water partition coefficient (Wildman–Crippen LogP) is -1.15. The fraction of sp³-hybridized carbons (Fsp3) is 0.857. The largest absolute Gasteiger partial charge is 0.389 e. The van der Waals surface area contributed by atoms with Gasteiger partial charge in [-0.15, -0.1) is 0 Å². The summed E-state index contributed by atoms with van der Waals surface area (Å²) >= 11 is 0. The summed E-state index contributed by atoms with van der Waals surface area (Å²) in [5, 5.41) is 16.3. The van der Waals surface area contributed by atoms with Gasteiger partial charge in [0.15, 0.2) is 0 Å². The first kappa shape index (κ1) is 16.2. The van der Waals surface area contributed by atoms with E-state index in [0.717, 1.165) is 25.9 Å². The highest BCUT2D eigenvalue weighted by molar-refractivity contribution is 5.73. The van der Waals surface area contributed by atoms with E-state index >= 15 is 0 Å². The number of ether oxygens (including phenoxy) is 1. The molecule has 0 spiro atoms. The number of nitrogens with zero attached hydrogens (tertiary/aromatic N) is 1. The van der Waals surface area contributed by atoms with Crippen LogP contribution in [-0.4, -0.2) is 72.4 Å². The molecule has 3 N–H and O–H groups in total. The van der Waals surface area contributed by atoms with Gasteiger partial charge in [-0.25, -0.2) is 0 Å². The van der Waals surface area contributed by atoms with Gasteiger partial charge < -0.3 is 25.4 Å². The molecule has 0 aromatic rings. The molecule has 7 heteroatoms. The van der Waals surface area contributed by atoms with Crippen LogP contribution in [0.4, 0.5) is 0 Å².